The van der Waals surface area contributed by atoms with Crippen molar-refractivity contribution in [2.24, 2.45) is 0 Å². The minimum atomic E-state index is -3.33. The molecule has 1 aromatic rings. The zero-order valence-electron chi connectivity index (χ0n) is 11.8. The van der Waals surface area contributed by atoms with Crippen molar-refractivity contribution >= 4 is 21.6 Å². The summed E-state index contributed by atoms with van der Waals surface area (Å²) in [5.74, 6) is 2.08. The van der Waals surface area contributed by atoms with Gasteiger partial charge in [0.2, 0.25) is 0 Å². The molecule has 4 nitrogen and oxygen atoms in total. The molecule has 0 bridgehead atoms. The van der Waals surface area contributed by atoms with Crippen molar-refractivity contribution in [1.29, 1.82) is 5.26 Å². The van der Waals surface area contributed by atoms with Gasteiger partial charge in [-0.3, -0.25) is 0 Å². The Morgan fingerprint density at radius 2 is 2.20 bits per heavy atom. The fourth-order valence-corrected chi connectivity index (χ4v) is 3.59. The summed E-state index contributed by atoms with van der Waals surface area (Å²) in [5.41, 5.74) is 0.367. The highest BCUT2D eigenvalue weighted by Gasteiger charge is 2.15. The van der Waals surface area contributed by atoms with E-state index < -0.39 is 9.84 Å². The maximum absolute atomic E-state index is 12.1. The molecular weight excluding hydrogens is 292 g/mol. The SMILES string of the molecule is CCSCC(C)NCCS(=O)(=O)c1cccc(C#N)c1. The van der Waals surface area contributed by atoms with Gasteiger partial charge in [-0.15, -0.1) is 0 Å². The van der Waals surface area contributed by atoms with Crippen molar-refractivity contribution in [2.75, 3.05) is 23.8 Å². The molecule has 0 heterocycles. The van der Waals surface area contributed by atoms with Crippen LogP contribution in [0.3, 0.4) is 0 Å². The van der Waals surface area contributed by atoms with Crippen LogP contribution in [0.1, 0.15) is 19.4 Å². The van der Waals surface area contributed by atoms with E-state index in [9.17, 15) is 8.42 Å². The van der Waals surface area contributed by atoms with E-state index in [1.807, 2.05) is 24.8 Å². The normalized spacial score (nSPS) is 12.8. The second-order valence-corrected chi connectivity index (χ2v) is 7.90. The lowest BCUT2D eigenvalue weighted by atomic mass is 10.2. The number of sulfone groups is 1. The van der Waals surface area contributed by atoms with E-state index in [0.29, 0.717) is 18.2 Å². The van der Waals surface area contributed by atoms with Crippen molar-refractivity contribution in [3.63, 3.8) is 0 Å². The van der Waals surface area contributed by atoms with Gasteiger partial charge >= 0.3 is 0 Å². The highest BCUT2D eigenvalue weighted by Crippen LogP contribution is 2.12. The Bertz CT molecular complexity index is 565. The quantitative estimate of drug-likeness (QED) is 0.795. The largest absolute Gasteiger partial charge is 0.312 e. The fraction of sp³-hybridized carbons (Fsp3) is 0.500. The molecule has 1 unspecified atom stereocenters. The van der Waals surface area contributed by atoms with Crippen LogP contribution in [0.15, 0.2) is 29.2 Å². The fourth-order valence-electron chi connectivity index (χ4n) is 1.67. The first-order chi connectivity index (χ1) is 9.49. The number of rotatable bonds is 8. The monoisotopic (exact) mass is 312 g/mol. The molecule has 0 spiro atoms. The predicted octanol–water partition coefficient (Wildman–Crippen LogP) is 2.06. The summed E-state index contributed by atoms with van der Waals surface area (Å²) >= 11 is 1.83. The zero-order chi connectivity index (χ0) is 15.0. The molecule has 1 N–H and O–H groups in total. The Morgan fingerprint density at radius 3 is 2.85 bits per heavy atom. The maximum Gasteiger partial charge on any atom is 0.179 e. The minimum absolute atomic E-state index is 0.0447. The van der Waals surface area contributed by atoms with E-state index in [2.05, 4.69) is 12.2 Å². The molecule has 1 rings (SSSR count). The molecule has 6 heteroatoms. The lowest BCUT2D eigenvalue weighted by Gasteiger charge is -2.13. The summed E-state index contributed by atoms with van der Waals surface area (Å²) in [6.07, 6.45) is 0. The number of nitrogens with one attached hydrogen (secondary N) is 1. The Balaban J connectivity index is 2.55. The summed E-state index contributed by atoms with van der Waals surface area (Å²) in [5, 5.41) is 12.0. The van der Waals surface area contributed by atoms with E-state index in [1.165, 1.54) is 12.1 Å². The highest BCUT2D eigenvalue weighted by molar-refractivity contribution is 7.99. The van der Waals surface area contributed by atoms with Gasteiger partial charge in [0.1, 0.15) is 0 Å². The third kappa shape index (κ3) is 5.53. The lowest BCUT2D eigenvalue weighted by Crippen LogP contribution is -2.32. The summed E-state index contributed by atoms with van der Waals surface area (Å²) in [4.78, 5) is 0.217. The van der Waals surface area contributed by atoms with Crippen LogP contribution in [-0.4, -0.2) is 38.3 Å². The van der Waals surface area contributed by atoms with E-state index in [1.54, 1.807) is 12.1 Å². The average molecular weight is 312 g/mol. The molecule has 0 amide bonds. The second kappa shape index (κ2) is 8.30. The van der Waals surface area contributed by atoms with Gasteiger partial charge in [0.15, 0.2) is 9.84 Å². The Hall–Kier alpha value is -1.03. The van der Waals surface area contributed by atoms with Crippen LogP contribution < -0.4 is 5.32 Å². The van der Waals surface area contributed by atoms with Gasteiger partial charge in [-0.05, 0) is 30.9 Å². The van der Waals surface area contributed by atoms with Gasteiger partial charge in [-0.1, -0.05) is 13.0 Å². The third-order valence-corrected chi connectivity index (χ3v) is 5.62. The van der Waals surface area contributed by atoms with Crippen LogP contribution in [0.2, 0.25) is 0 Å². The molecule has 0 aliphatic carbocycles. The highest BCUT2D eigenvalue weighted by atomic mass is 32.2. The minimum Gasteiger partial charge on any atom is -0.312 e. The van der Waals surface area contributed by atoms with Gasteiger partial charge in [0.05, 0.1) is 22.3 Å². The molecule has 0 aliphatic rings. The van der Waals surface area contributed by atoms with Crippen LogP contribution in [0.4, 0.5) is 0 Å². The van der Waals surface area contributed by atoms with Crippen LogP contribution >= 0.6 is 11.8 Å². The van der Waals surface area contributed by atoms with E-state index in [0.717, 1.165) is 11.5 Å². The average Bonchev–Trinajstić information content (AvgIpc) is 2.45. The molecule has 0 saturated carbocycles. The first-order valence-electron chi connectivity index (χ1n) is 6.53. The number of nitriles is 1. The van der Waals surface area contributed by atoms with E-state index in [4.69, 9.17) is 5.26 Å². The van der Waals surface area contributed by atoms with Crippen LogP contribution in [0, 0.1) is 11.3 Å². The predicted molar refractivity (Wildman–Crippen MR) is 83.7 cm³/mol. The van der Waals surface area contributed by atoms with E-state index in [-0.39, 0.29) is 10.6 Å². The summed E-state index contributed by atoms with van der Waals surface area (Å²) < 4.78 is 24.3. The molecule has 0 radical (unpaired) electrons. The summed E-state index contributed by atoms with van der Waals surface area (Å²) in [6.45, 7) is 4.57. The van der Waals surface area contributed by atoms with Crippen molar-refractivity contribution < 1.29 is 8.42 Å². The second-order valence-electron chi connectivity index (χ2n) is 4.47. The molecule has 1 aromatic carbocycles. The number of thioether (sulfide) groups is 1. The Labute approximate surface area is 125 Å². The summed E-state index contributed by atoms with van der Waals surface area (Å²) in [6, 6.07) is 8.40. The van der Waals surface area contributed by atoms with Gasteiger partial charge < -0.3 is 5.32 Å². The van der Waals surface area contributed by atoms with Crippen molar-refractivity contribution in [2.45, 2.75) is 24.8 Å². The van der Waals surface area contributed by atoms with Gasteiger partial charge in [0, 0.05) is 18.3 Å². The van der Waals surface area contributed by atoms with Crippen molar-refractivity contribution in [1.82, 2.24) is 5.32 Å². The Morgan fingerprint density at radius 1 is 1.45 bits per heavy atom. The third-order valence-electron chi connectivity index (χ3n) is 2.76. The Kier molecular flexibility index (Phi) is 7.06. The van der Waals surface area contributed by atoms with Gasteiger partial charge in [-0.2, -0.15) is 17.0 Å². The maximum atomic E-state index is 12.1. The molecule has 110 valence electrons. The molecule has 20 heavy (non-hydrogen) atoms. The molecule has 0 fully saturated rings. The molecular formula is C14H20N2O2S2. The van der Waals surface area contributed by atoms with Crippen molar-refractivity contribution in [3.05, 3.63) is 29.8 Å². The van der Waals surface area contributed by atoms with Gasteiger partial charge in [0.25, 0.3) is 0 Å². The molecule has 0 aliphatic heterocycles. The van der Waals surface area contributed by atoms with Crippen LogP contribution in [-0.2, 0) is 9.84 Å². The number of hydrogen-bond acceptors (Lipinski definition) is 5. The van der Waals surface area contributed by atoms with E-state index >= 15 is 0 Å². The molecule has 1 atom stereocenters. The number of nitrogens with zero attached hydrogens (tertiary/aromatic N) is 1. The van der Waals surface area contributed by atoms with Gasteiger partial charge in [-0.25, -0.2) is 8.42 Å². The lowest BCUT2D eigenvalue weighted by molar-refractivity contribution is 0.580. The molecule has 0 saturated heterocycles. The zero-order valence-corrected chi connectivity index (χ0v) is 13.4. The smallest absolute Gasteiger partial charge is 0.179 e. The standard InChI is InChI=1S/C14H20N2O2S2/c1-3-19-11-12(2)16-7-8-20(17,18)14-6-4-5-13(9-14)10-15/h4-6,9,12,16H,3,7-8,11H2,1-2H3. The van der Waals surface area contributed by atoms with Crippen LogP contribution in [0.5, 0.6) is 0 Å². The first-order valence-corrected chi connectivity index (χ1v) is 9.34. The van der Waals surface area contributed by atoms with Crippen molar-refractivity contribution in [3.8, 4) is 6.07 Å². The summed E-state index contributed by atoms with van der Waals surface area (Å²) in [7, 11) is -3.33. The number of hydrogen-bond donors (Lipinski definition) is 1. The topological polar surface area (TPSA) is 70.0 Å². The molecule has 0 aromatic heterocycles. The first kappa shape index (κ1) is 17.0. The number of benzene rings is 1. The van der Waals surface area contributed by atoms with Crippen LogP contribution in [0.25, 0.3) is 0 Å².